The van der Waals surface area contributed by atoms with Gasteiger partial charge >= 0.3 is 0 Å². The maximum Gasteiger partial charge on any atom is 0.283 e. The quantitative estimate of drug-likeness (QED) is 0.550. The summed E-state index contributed by atoms with van der Waals surface area (Å²) in [6, 6.07) is 5.10. The predicted octanol–water partition coefficient (Wildman–Crippen LogP) is 4.95. The van der Waals surface area contributed by atoms with Gasteiger partial charge in [0.1, 0.15) is 0 Å². The second-order valence-corrected chi connectivity index (χ2v) is 6.90. The van der Waals surface area contributed by atoms with Gasteiger partial charge in [-0.05, 0) is 30.0 Å². The van der Waals surface area contributed by atoms with E-state index < -0.39 is 0 Å². The van der Waals surface area contributed by atoms with Gasteiger partial charge in [-0.3, -0.25) is 4.79 Å². The Kier molecular flexibility index (Phi) is 7.26. The zero-order chi connectivity index (χ0) is 12.8. The van der Waals surface area contributed by atoms with Crippen molar-refractivity contribution in [3.63, 3.8) is 0 Å². The number of alkyl halides is 2. The molecular weight excluding hydrogens is 413 g/mol. The van der Waals surface area contributed by atoms with Gasteiger partial charge < -0.3 is 5.32 Å². The molecule has 0 aliphatic heterocycles. The van der Waals surface area contributed by atoms with Crippen LogP contribution in [0, 0.1) is 0 Å². The third kappa shape index (κ3) is 5.83. The first kappa shape index (κ1) is 15.6. The van der Waals surface area contributed by atoms with E-state index in [0.29, 0.717) is 16.6 Å². The predicted molar refractivity (Wildman–Crippen MR) is 82.2 cm³/mol. The van der Waals surface area contributed by atoms with Gasteiger partial charge in [0.2, 0.25) is 0 Å². The van der Waals surface area contributed by atoms with Gasteiger partial charge in [-0.15, -0.1) is 0 Å². The summed E-state index contributed by atoms with van der Waals surface area (Å²) in [5.74, 6) is 0. The van der Waals surface area contributed by atoms with Crippen LogP contribution in [0.2, 0.25) is 10.0 Å². The fraction of sp³-hybridized carbons (Fsp3) is 0.300. The van der Waals surface area contributed by atoms with E-state index in [2.05, 4.69) is 37.2 Å². The normalized spacial score (nSPS) is 12.2. The Morgan fingerprint density at radius 1 is 1.41 bits per heavy atom. The number of benzene rings is 1. The lowest BCUT2D eigenvalue weighted by molar-refractivity contribution is 0.261. The zero-order valence-corrected chi connectivity index (χ0v) is 14.1. The van der Waals surface area contributed by atoms with Crippen LogP contribution in [-0.4, -0.2) is 21.9 Å². The Morgan fingerprint density at radius 3 is 2.71 bits per heavy atom. The van der Waals surface area contributed by atoms with Crippen LogP contribution >= 0.6 is 66.8 Å². The maximum absolute atomic E-state index is 11.6. The summed E-state index contributed by atoms with van der Waals surface area (Å²) in [6.07, 6.45) is 0. The van der Waals surface area contributed by atoms with E-state index in [-0.39, 0.29) is 10.1 Å². The van der Waals surface area contributed by atoms with Crippen molar-refractivity contribution >= 4 is 72.1 Å². The van der Waals surface area contributed by atoms with Crippen LogP contribution in [0.5, 0.6) is 0 Å². The fourth-order valence-corrected chi connectivity index (χ4v) is 2.37. The van der Waals surface area contributed by atoms with Crippen molar-refractivity contribution in [3.8, 4) is 0 Å². The van der Waals surface area contributed by atoms with Crippen LogP contribution in [0.3, 0.4) is 0 Å². The second-order valence-electron chi connectivity index (χ2n) is 3.10. The number of rotatable bonds is 4. The van der Waals surface area contributed by atoms with Gasteiger partial charge in [0.25, 0.3) is 5.24 Å². The molecule has 0 saturated carbocycles. The third-order valence-electron chi connectivity index (χ3n) is 1.74. The highest BCUT2D eigenvalue weighted by molar-refractivity contribution is 9.12. The summed E-state index contributed by atoms with van der Waals surface area (Å²) < 4.78 is 0. The molecule has 1 unspecified atom stereocenters. The Labute approximate surface area is 131 Å². The van der Waals surface area contributed by atoms with Gasteiger partial charge in [0.15, 0.2) is 0 Å². The Bertz CT molecular complexity index is 406. The molecule has 1 aromatic carbocycles. The molecule has 2 nitrogen and oxygen atoms in total. The standard InChI is InChI=1S/C10H9Br2Cl2NOS/c11-4-6(12)5-15-10(16)17-7-1-2-8(13)9(14)3-7/h1-3,6H,4-5H2,(H,15,16). The highest BCUT2D eigenvalue weighted by Gasteiger charge is 2.08. The number of hydrogen-bond acceptors (Lipinski definition) is 2. The van der Waals surface area contributed by atoms with E-state index in [9.17, 15) is 4.79 Å². The molecule has 17 heavy (non-hydrogen) atoms. The summed E-state index contributed by atoms with van der Waals surface area (Å²) in [5, 5.41) is 4.38. The first-order valence-corrected chi connectivity index (χ1v) is 8.24. The monoisotopic (exact) mass is 419 g/mol. The van der Waals surface area contributed by atoms with E-state index in [1.807, 2.05) is 0 Å². The SMILES string of the molecule is O=C(NCC(Br)CBr)Sc1ccc(Cl)c(Cl)c1. The van der Waals surface area contributed by atoms with Gasteiger partial charge in [-0.2, -0.15) is 0 Å². The largest absolute Gasteiger partial charge is 0.346 e. The van der Waals surface area contributed by atoms with Crippen molar-refractivity contribution in [2.24, 2.45) is 0 Å². The van der Waals surface area contributed by atoms with Crippen molar-refractivity contribution in [1.82, 2.24) is 5.32 Å². The summed E-state index contributed by atoms with van der Waals surface area (Å²) in [5.41, 5.74) is 0. The van der Waals surface area contributed by atoms with Crippen molar-refractivity contribution in [1.29, 1.82) is 0 Å². The average molecular weight is 422 g/mol. The molecule has 0 aliphatic carbocycles. The highest BCUT2D eigenvalue weighted by atomic mass is 79.9. The van der Waals surface area contributed by atoms with Crippen LogP contribution in [0.25, 0.3) is 0 Å². The van der Waals surface area contributed by atoms with Gasteiger partial charge in [0, 0.05) is 21.6 Å². The molecule has 1 amide bonds. The minimum atomic E-state index is -0.117. The van der Waals surface area contributed by atoms with Crippen LogP contribution in [0.1, 0.15) is 0 Å². The summed E-state index contributed by atoms with van der Waals surface area (Å²) >= 11 is 19.4. The Balaban J connectivity index is 2.48. The molecule has 0 bridgehead atoms. The topological polar surface area (TPSA) is 29.1 Å². The maximum atomic E-state index is 11.6. The van der Waals surface area contributed by atoms with Crippen molar-refractivity contribution in [2.45, 2.75) is 9.72 Å². The molecule has 0 aliphatic rings. The Morgan fingerprint density at radius 2 is 2.12 bits per heavy atom. The molecule has 0 radical (unpaired) electrons. The molecule has 0 fully saturated rings. The summed E-state index contributed by atoms with van der Waals surface area (Å²) in [6.45, 7) is 0.568. The molecule has 1 rings (SSSR count). The minimum absolute atomic E-state index is 0.117. The van der Waals surface area contributed by atoms with Gasteiger partial charge in [0.05, 0.1) is 10.0 Å². The first-order chi connectivity index (χ1) is 8.02. The van der Waals surface area contributed by atoms with Crippen LogP contribution in [0.15, 0.2) is 23.1 Å². The lowest BCUT2D eigenvalue weighted by Crippen LogP contribution is -2.26. The number of amides is 1. The molecule has 7 heteroatoms. The van der Waals surface area contributed by atoms with Crippen molar-refractivity contribution in [3.05, 3.63) is 28.2 Å². The number of carbonyl (C=O) groups excluding carboxylic acids is 1. The lowest BCUT2D eigenvalue weighted by Gasteiger charge is -2.08. The van der Waals surface area contributed by atoms with E-state index in [4.69, 9.17) is 23.2 Å². The molecule has 94 valence electrons. The number of hydrogen-bond donors (Lipinski definition) is 1. The molecule has 0 saturated heterocycles. The van der Waals surface area contributed by atoms with Crippen molar-refractivity contribution < 1.29 is 4.79 Å². The molecule has 1 N–H and O–H groups in total. The molecule has 0 aromatic heterocycles. The minimum Gasteiger partial charge on any atom is -0.346 e. The van der Waals surface area contributed by atoms with E-state index in [0.717, 1.165) is 22.0 Å². The van der Waals surface area contributed by atoms with Crippen molar-refractivity contribution in [2.75, 3.05) is 11.9 Å². The molecular formula is C10H9Br2Cl2NOS. The average Bonchev–Trinajstić information content (AvgIpc) is 2.31. The smallest absolute Gasteiger partial charge is 0.283 e. The second kappa shape index (κ2) is 7.89. The van der Waals surface area contributed by atoms with Gasteiger partial charge in [-0.1, -0.05) is 55.1 Å². The van der Waals surface area contributed by atoms with E-state index in [1.54, 1.807) is 18.2 Å². The van der Waals surface area contributed by atoms with Gasteiger partial charge in [-0.25, -0.2) is 0 Å². The highest BCUT2D eigenvalue weighted by Crippen LogP contribution is 2.28. The molecule has 1 atom stereocenters. The fourth-order valence-electron chi connectivity index (χ4n) is 0.932. The van der Waals surface area contributed by atoms with E-state index in [1.165, 1.54) is 0 Å². The number of thioether (sulfide) groups is 1. The molecule has 0 spiro atoms. The van der Waals surface area contributed by atoms with Crippen LogP contribution in [0.4, 0.5) is 4.79 Å². The molecule has 1 aromatic rings. The zero-order valence-electron chi connectivity index (χ0n) is 8.55. The lowest BCUT2D eigenvalue weighted by atomic mass is 10.4. The summed E-state index contributed by atoms with van der Waals surface area (Å²) in [4.78, 5) is 12.6. The molecule has 0 heterocycles. The first-order valence-electron chi connectivity index (χ1n) is 4.63. The number of nitrogens with one attached hydrogen (secondary N) is 1. The Hall–Kier alpha value is 0.580. The number of halogens is 4. The van der Waals surface area contributed by atoms with E-state index >= 15 is 0 Å². The number of carbonyl (C=O) groups is 1. The van der Waals surface area contributed by atoms with Crippen LogP contribution in [-0.2, 0) is 0 Å². The summed E-state index contributed by atoms with van der Waals surface area (Å²) in [7, 11) is 0. The third-order valence-corrected chi connectivity index (χ3v) is 5.59. The van der Waals surface area contributed by atoms with Crippen LogP contribution < -0.4 is 5.32 Å².